The summed E-state index contributed by atoms with van der Waals surface area (Å²) in [6.45, 7) is 0. The zero-order valence-electron chi connectivity index (χ0n) is 17.9. The number of carbonyl (C=O) groups excluding carboxylic acids is 1. The topological polar surface area (TPSA) is 73.2 Å². The number of fused-ring (bicyclic) bond motifs is 1. The predicted molar refractivity (Wildman–Crippen MR) is 138 cm³/mol. The lowest BCUT2D eigenvalue weighted by molar-refractivity contribution is -0.113. The van der Waals surface area contributed by atoms with Crippen LogP contribution in [-0.2, 0) is 4.79 Å². The summed E-state index contributed by atoms with van der Waals surface area (Å²) >= 11 is 2.62. The van der Waals surface area contributed by atoms with Crippen molar-refractivity contribution in [2.45, 2.75) is 5.16 Å². The molecule has 5 rings (SSSR count). The van der Waals surface area contributed by atoms with E-state index in [1.807, 2.05) is 78.2 Å². The summed E-state index contributed by atoms with van der Waals surface area (Å²) in [5.74, 6) is 1.08. The van der Waals surface area contributed by atoms with Crippen molar-refractivity contribution in [1.29, 1.82) is 0 Å². The maximum atomic E-state index is 13.2. The van der Waals surface area contributed by atoms with Crippen LogP contribution in [0.5, 0.6) is 11.5 Å². The molecule has 5 aromatic rings. The number of carbonyl (C=O) groups is 1. The highest BCUT2D eigenvalue weighted by Gasteiger charge is 2.16. The Hall–Kier alpha value is -3.88. The van der Waals surface area contributed by atoms with E-state index in [9.17, 15) is 9.59 Å². The van der Waals surface area contributed by atoms with Crippen LogP contribution in [0.25, 0.3) is 15.9 Å². The molecule has 168 valence electrons. The lowest BCUT2D eigenvalue weighted by atomic mass is 10.3. The summed E-state index contributed by atoms with van der Waals surface area (Å²) in [5, 5.41) is 5.79. The highest BCUT2D eigenvalue weighted by molar-refractivity contribution is 7.99. The molecule has 0 atom stereocenters. The number of hydrogen-bond donors (Lipinski definition) is 1. The number of benzene rings is 3. The van der Waals surface area contributed by atoms with E-state index in [2.05, 4.69) is 10.3 Å². The van der Waals surface area contributed by atoms with E-state index < -0.39 is 0 Å². The van der Waals surface area contributed by atoms with Crippen LogP contribution in [0.2, 0.25) is 0 Å². The summed E-state index contributed by atoms with van der Waals surface area (Å²) < 4.78 is 7.48. The Morgan fingerprint density at radius 1 is 0.941 bits per heavy atom. The van der Waals surface area contributed by atoms with Crippen LogP contribution in [-0.4, -0.2) is 21.2 Å². The molecule has 0 aliphatic rings. The van der Waals surface area contributed by atoms with E-state index in [4.69, 9.17) is 4.74 Å². The third kappa shape index (κ3) is 4.73. The molecule has 1 amide bonds. The molecule has 34 heavy (non-hydrogen) atoms. The van der Waals surface area contributed by atoms with E-state index in [0.717, 1.165) is 0 Å². The van der Waals surface area contributed by atoms with E-state index in [0.29, 0.717) is 38.2 Å². The predicted octanol–water partition coefficient (Wildman–Crippen LogP) is 5.97. The van der Waals surface area contributed by atoms with Gasteiger partial charge >= 0.3 is 0 Å². The number of thioether (sulfide) groups is 1. The maximum Gasteiger partial charge on any atom is 0.267 e. The van der Waals surface area contributed by atoms with Crippen LogP contribution in [0, 0.1) is 0 Å². The maximum absolute atomic E-state index is 13.2. The van der Waals surface area contributed by atoms with Gasteiger partial charge in [-0.1, -0.05) is 60.3 Å². The number of anilines is 1. The Kier molecular flexibility index (Phi) is 6.42. The van der Waals surface area contributed by atoms with Gasteiger partial charge < -0.3 is 10.1 Å². The molecule has 0 unspecified atom stereocenters. The van der Waals surface area contributed by atoms with Gasteiger partial charge in [-0.05, 0) is 47.8 Å². The van der Waals surface area contributed by atoms with Gasteiger partial charge in [-0.25, -0.2) is 4.98 Å². The average molecular weight is 486 g/mol. The summed E-state index contributed by atoms with van der Waals surface area (Å²) in [7, 11) is 0. The molecule has 3 aromatic carbocycles. The second-order valence-corrected chi connectivity index (χ2v) is 9.10. The normalized spacial score (nSPS) is 10.8. The summed E-state index contributed by atoms with van der Waals surface area (Å²) in [4.78, 5) is 31.3. The molecule has 0 saturated heterocycles. The number of thiophene rings is 1. The lowest BCUT2D eigenvalue weighted by Crippen LogP contribution is -2.22. The number of ether oxygens (including phenoxy) is 1. The van der Waals surface area contributed by atoms with Crippen LogP contribution >= 0.6 is 23.1 Å². The van der Waals surface area contributed by atoms with E-state index in [1.54, 1.807) is 22.8 Å². The van der Waals surface area contributed by atoms with Crippen LogP contribution < -0.4 is 15.6 Å². The largest absolute Gasteiger partial charge is 0.455 e. The number of rotatable bonds is 7. The monoisotopic (exact) mass is 485 g/mol. The summed E-state index contributed by atoms with van der Waals surface area (Å²) in [6, 6.07) is 27.8. The Balaban J connectivity index is 1.37. The first-order valence-electron chi connectivity index (χ1n) is 10.5. The SMILES string of the molecule is O=C(CSc1nc2sccc2c(=O)n1-c1ccccc1)Nc1ccccc1Oc1ccccc1. The number of aromatic nitrogens is 2. The number of hydrogen-bond acceptors (Lipinski definition) is 6. The van der Waals surface area contributed by atoms with Gasteiger partial charge in [0.1, 0.15) is 10.6 Å². The average Bonchev–Trinajstić information content (AvgIpc) is 3.34. The Labute approximate surface area is 203 Å². The minimum absolute atomic E-state index is 0.0792. The molecule has 8 heteroatoms. The fourth-order valence-corrected chi connectivity index (χ4v) is 5.01. The lowest BCUT2D eigenvalue weighted by Gasteiger charge is -2.13. The van der Waals surface area contributed by atoms with Crippen molar-refractivity contribution in [1.82, 2.24) is 9.55 Å². The Morgan fingerprint density at radius 3 is 2.44 bits per heavy atom. The van der Waals surface area contributed by atoms with Crippen molar-refractivity contribution < 1.29 is 9.53 Å². The van der Waals surface area contributed by atoms with Crippen LogP contribution in [0.4, 0.5) is 5.69 Å². The van der Waals surface area contributed by atoms with Crippen LogP contribution in [0.1, 0.15) is 0 Å². The molecule has 0 aliphatic heterocycles. The van der Waals surface area contributed by atoms with Crippen molar-refractivity contribution in [3.63, 3.8) is 0 Å². The van der Waals surface area contributed by atoms with E-state index in [-0.39, 0.29) is 17.2 Å². The highest BCUT2D eigenvalue weighted by atomic mass is 32.2. The molecule has 2 heterocycles. The molecule has 0 fully saturated rings. The third-order valence-corrected chi connectivity index (χ3v) is 6.69. The molecule has 0 bridgehead atoms. The third-order valence-electron chi connectivity index (χ3n) is 4.95. The molecule has 2 aromatic heterocycles. The van der Waals surface area contributed by atoms with E-state index in [1.165, 1.54) is 23.1 Å². The summed E-state index contributed by atoms with van der Waals surface area (Å²) in [6.07, 6.45) is 0. The van der Waals surface area contributed by atoms with Gasteiger partial charge in [0, 0.05) is 0 Å². The quantitative estimate of drug-likeness (QED) is 0.227. The molecule has 0 aliphatic carbocycles. The first kappa shape index (κ1) is 21.9. The smallest absolute Gasteiger partial charge is 0.267 e. The number of para-hydroxylation sites is 4. The van der Waals surface area contributed by atoms with Crippen molar-refractivity contribution in [2.75, 3.05) is 11.1 Å². The van der Waals surface area contributed by atoms with Gasteiger partial charge in [-0.3, -0.25) is 14.2 Å². The van der Waals surface area contributed by atoms with Gasteiger partial charge in [0.05, 0.1) is 22.5 Å². The first-order chi connectivity index (χ1) is 16.7. The molecular weight excluding hydrogens is 466 g/mol. The number of nitrogens with zero attached hydrogens (tertiary/aromatic N) is 2. The van der Waals surface area contributed by atoms with Gasteiger partial charge in [-0.2, -0.15) is 0 Å². The van der Waals surface area contributed by atoms with Crippen LogP contribution in [0.15, 0.2) is 106 Å². The molecule has 6 nitrogen and oxygen atoms in total. The van der Waals surface area contributed by atoms with Crippen molar-refractivity contribution in [3.8, 4) is 17.2 Å². The minimum atomic E-state index is -0.228. The van der Waals surface area contributed by atoms with Gasteiger partial charge in [-0.15, -0.1) is 11.3 Å². The second kappa shape index (κ2) is 9.94. The van der Waals surface area contributed by atoms with Gasteiger partial charge in [0.2, 0.25) is 5.91 Å². The number of amides is 1. The molecule has 0 saturated carbocycles. The molecular formula is C26H19N3O3S2. The Morgan fingerprint density at radius 2 is 1.65 bits per heavy atom. The molecule has 1 N–H and O–H groups in total. The Bertz CT molecular complexity index is 1500. The van der Waals surface area contributed by atoms with Crippen molar-refractivity contribution in [2.24, 2.45) is 0 Å². The minimum Gasteiger partial charge on any atom is -0.455 e. The first-order valence-corrected chi connectivity index (χ1v) is 12.4. The zero-order chi connectivity index (χ0) is 23.3. The summed E-state index contributed by atoms with van der Waals surface area (Å²) in [5.41, 5.74) is 1.12. The van der Waals surface area contributed by atoms with Crippen molar-refractivity contribution >= 4 is 44.9 Å². The highest BCUT2D eigenvalue weighted by Crippen LogP contribution is 2.30. The van der Waals surface area contributed by atoms with Crippen LogP contribution in [0.3, 0.4) is 0 Å². The zero-order valence-corrected chi connectivity index (χ0v) is 19.5. The molecule has 0 radical (unpaired) electrons. The number of nitrogens with one attached hydrogen (secondary N) is 1. The second-order valence-electron chi connectivity index (χ2n) is 7.26. The van der Waals surface area contributed by atoms with Crippen molar-refractivity contribution in [3.05, 3.63) is 107 Å². The fourth-order valence-electron chi connectivity index (χ4n) is 3.39. The standard InChI is InChI=1S/C26H19N3O3S2/c30-23(27-21-13-7-8-14-22(21)32-19-11-5-2-6-12-19)17-34-26-28-24-20(15-16-33-24)25(31)29(26)18-9-3-1-4-10-18/h1-16H,17H2,(H,27,30). The van der Waals surface area contributed by atoms with E-state index >= 15 is 0 Å². The molecule has 0 spiro atoms. The van der Waals surface area contributed by atoms with Gasteiger partial charge in [0.25, 0.3) is 5.56 Å². The fraction of sp³-hybridized carbons (Fsp3) is 0.0385. The van der Waals surface area contributed by atoms with Gasteiger partial charge in [0.15, 0.2) is 10.9 Å².